The van der Waals surface area contributed by atoms with Gasteiger partial charge >= 0.3 is 5.97 Å². The zero-order chi connectivity index (χ0) is 35.6. The third-order valence-electron chi connectivity index (χ3n) is 9.62. The van der Waals surface area contributed by atoms with E-state index in [9.17, 15) is 22.8 Å². The van der Waals surface area contributed by atoms with Gasteiger partial charge in [0, 0.05) is 19.5 Å². The van der Waals surface area contributed by atoms with Gasteiger partial charge in [0.15, 0.2) is 5.78 Å². The van der Waals surface area contributed by atoms with Crippen molar-refractivity contribution in [2.45, 2.75) is 141 Å². The van der Waals surface area contributed by atoms with Crippen molar-refractivity contribution in [2.24, 2.45) is 16.6 Å². The summed E-state index contributed by atoms with van der Waals surface area (Å²) in [4.78, 5) is 46.0. The maximum Gasteiger partial charge on any atom is 0.309 e. The molecule has 3 heterocycles. The van der Waals surface area contributed by atoms with Crippen molar-refractivity contribution in [3.8, 4) is 5.75 Å². The summed E-state index contributed by atoms with van der Waals surface area (Å²) in [6, 6.07) is -0.809. The number of nitrogens with zero attached hydrogens (tertiary/aromatic N) is 2. The topological polar surface area (TPSA) is 169 Å². The third kappa shape index (κ3) is 8.88. The number of likely N-dealkylation sites (tertiary alicyclic amines) is 1. The Morgan fingerprint density at radius 3 is 2.48 bits per heavy atom. The highest BCUT2D eigenvalue weighted by molar-refractivity contribution is 7.90. The second-order valence-corrected chi connectivity index (χ2v) is 16.7. The van der Waals surface area contributed by atoms with Crippen molar-refractivity contribution in [3.63, 3.8) is 0 Å². The summed E-state index contributed by atoms with van der Waals surface area (Å²) in [5.41, 5.74) is 7.90. The quantitative estimate of drug-likeness (QED) is 0.136. The highest BCUT2D eigenvalue weighted by Gasteiger charge is 2.39. The standard InChI is InChI=1S/C35H55N5O7S/c1-21-22(2)30(23(3)25-15-16-35(7,8)46-29(21)25)48(44,45)39-33(36)38-18-9-12-24(32(43)47-34(4,5)6)20-28(41)27-14-11-19-40(27)31(42)26-13-10-17-37-26/h24,26-27,37H,9-20H2,1-8H3,(H3,36,38,39). The number of carbonyl (C=O) groups is 3. The highest BCUT2D eigenvalue weighted by atomic mass is 32.2. The Morgan fingerprint density at radius 2 is 1.83 bits per heavy atom. The highest BCUT2D eigenvalue weighted by Crippen LogP contribution is 2.42. The first kappa shape index (κ1) is 37.6. The predicted octanol–water partition coefficient (Wildman–Crippen LogP) is 3.75. The molecule has 1 aromatic carbocycles. The van der Waals surface area contributed by atoms with E-state index in [4.69, 9.17) is 15.2 Å². The van der Waals surface area contributed by atoms with E-state index in [0.717, 1.165) is 49.1 Å². The lowest BCUT2D eigenvalue weighted by atomic mass is 9.88. The van der Waals surface area contributed by atoms with Gasteiger partial charge in [-0.15, -0.1) is 0 Å². The van der Waals surface area contributed by atoms with Crippen molar-refractivity contribution in [1.82, 2.24) is 14.9 Å². The van der Waals surface area contributed by atoms with E-state index in [-0.39, 0.29) is 53.6 Å². The summed E-state index contributed by atoms with van der Waals surface area (Å²) in [7, 11) is -4.05. The number of nitrogens with two attached hydrogens (primary N) is 1. The van der Waals surface area contributed by atoms with Crippen LogP contribution in [0.1, 0.15) is 108 Å². The number of sulfonamides is 1. The smallest absolute Gasteiger partial charge is 0.309 e. The van der Waals surface area contributed by atoms with Crippen molar-refractivity contribution in [2.75, 3.05) is 19.6 Å². The Morgan fingerprint density at radius 1 is 1.12 bits per heavy atom. The molecule has 4 N–H and O–H groups in total. The van der Waals surface area contributed by atoms with Crippen LogP contribution in [0, 0.1) is 26.7 Å². The van der Waals surface area contributed by atoms with Gasteiger partial charge in [-0.05, 0) is 136 Å². The Balaban J connectivity index is 1.41. The van der Waals surface area contributed by atoms with Crippen LogP contribution in [0.2, 0.25) is 0 Å². The van der Waals surface area contributed by atoms with Crippen molar-refractivity contribution in [1.29, 1.82) is 0 Å². The number of carbonyl (C=O) groups excluding carboxylic acids is 3. The molecule has 13 heteroatoms. The molecule has 0 bridgehead atoms. The SMILES string of the molecule is Cc1c(C)c(S(=O)(=O)NC(N)=NCCCC(CC(=O)C2CCCN2C(=O)C2CCCN2)C(=O)OC(C)(C)C)c(C)c2c1OC(C)(C)CC2. The molecule has 0 spiro atoms. The second kappa shape index (κ2) is 14.7. The first-order valence-corrected chi connectivity index (χ1v) is 18.7. The van der Waals surface area contributed by atoms with Crippen molar-refractivity contribution in [3.05, 3.63) is 22.3 Å². The van der Waals surface area contributed by atoms with Crippen molar-refractivity contribution < 1.29 is 32.3 Å². The number of ketones is 1. The maximum atomic E-state index is 13.6. The molecule has 0 radical (unpaired) electrons. The molecular formula is C35H55N5O7S. The number of ether oxygens (including phenoxy) is 2. The fraction of sp³-hybridized carbons (Fsp3) is 0.714. The number of aliphatic imine (C=N–C) groups is 1. The lowest BCUT2D eigenvalue weighted by molar-refractivity contribution is -0.161. The normalized spacial score (nSPS) is 21.8. The average Bonchev–Trinajstić information content (AvgIpc) is 3.68. The van der Waals surface area contributed by atoms with E-state index in [1.54, 1.807) is 39.5 Å². The van der Waals surface area contributed by atoms with E-state index in [1.165, 1.54) is 0 Å². The number of hydrogen-bond donors (Lipinski definition) is 3. The first-order valence-electron chi connectivity index (χ1n) is 17.2. The van der Waals surface area contributed by atoms with E-state index < -0.39 is 33.6 Å². The monoisotopic (exact) mass is 689 g/mol. The number of nitrogens with one attached hydrogen (secondary N) is 2. The van der Waals surface area contributed by atoms with Crippen LogP contribution >= 0.6 is 0 Å². The summed E-state index contributed by atoms with van der Waals surface area (Å²) in [6.45, 7) is 16.2. The number of Topliss-reactive ketones (excluding diaryl/α,β-unsaturated/α-hetero) is 1. The fourth-order valence-electron chi connectivity index (χ4n) is 7.04. The molecule has 48 heavy (non-hydrogen) atoms. The molecule has 2 fully saturated rings. The molecule has 1 aromatic rings. The van der Waals surface area contributed by atoms with Crippen LogP contribution in [0.5, 0.6) is 5.75 Å². The molecule has 3 atom stereocenters. The molecule has 4 rings (SSSR count). The van der Waals surface area contributed by atoms with E-state index in [1.807, 2.05) is 20.8 Å². The van der Waals surface area contributed by atoms with Crippen LogP contribution in [-0.4, -0.2) is 79.9 Å². The molecule has 3 aliphatic rings. The Bertz CT molecular complexity index is 1540. The fourth-order valence-corrected chi connectivity index (χ4v) is 8.56. The molecule has 2 saturated heterocycles. The summed E-state index contributed by atoms with van der Waals surface area (Å²) < 4.78 is 41.5. The van der Waals surface area contributed by atoms with E-state index in [2.05, 4.69) is 15.0 Å². The number of amides is 1. The number of benzene rings is 1. The van der Waals surface area contributed by atoms with Gasteiger partial charge in [0.1, 0.15) is 17.0 Å². The van der Waals surface area contributed by atoms with Gasteiger partial charge in [-0.2, -0.15) is 0 Å². The third-order valence-corrected chi connectivity index (χ3v) is 11.2. The Hall–Kier alpha value is -3.19. The number of esters is 1. The number of fused-ring (bicyclic) bond motifs is 1. The lowest BCUT2D eigenvalue weighted by Gasteiger charge is -2.35. The molecule has 0 saturated carbocycles. The Kier molecular flexibility index (Phi) is 11.6. The average molecular weight is 690 g/mol. The maximum absolute atomic E-state index is 13.6. The predicted molar refractivity (Wildman–Crippen MR) is 184 cm³/mol. The molecule has 12 nitrogen and oxygen atoms in total. The van der Waals surface area contributed by atoms with Gasteiger partial charge in [0.2, 0.25) is 11.9 Å². The molecule has 1 amide bonds. The minimum absolute atomic E-state index is 0.0438. The largest absolute Gasteiger partial charge is 0.487 e. The van der Waals surface area contributed by atoms with E-state index >= 15 is 0 Å². The summed E-state index contributed by atoms with van der Waals surface area (Å²) in [6.07, 6.45) is 5.08. The van der Waals surface area contributed by atoms with Crippen LogP contribution in [0.15, 0.2) is 9.89 Å². The minimum atomic E-state index is -4.05. The summed E-state index contributed by atoms with van der Waals surface area (Å²) in [5.74, 6) is -0.918. The molecule has 0 aromatic heterocycles. The minimum Gasteiger partial charge on any atom is -0.487 e. The van der Waals surface area contributed by atoms with Gasteiger partial charge in [0.05, 0.1) is 22.9 Å². The molecular weight excluding hydrogens is 634 g/mol. The zero-order valence-corrected chi connectivity index (χ0v) is 30.8. The zero-order valence-electron chi connectivity index (χ0n) is 30.0. The number of guanidine groups is 1. The first-order chi connectivity index (χ1) is 22.3. The van der Waals surface area contributed by atoms with Gasteiger partial charge in [0.25, 0.3) is 10.0 Å². The van der Waals surface area contributed by atoms with Gasteiger partial charge < -0.3 is 25.4 Å². The van der Waals surface area contributed by atoms with Gasteiger partial charge in [-0.1, -0.05) is 0 Å². The van der Waals surface area contributed by atoms with Gasteiger partial charge in [-0.25, -0.2) is 13.1 Å². The molecule has 0 aliphatic carbocycles. The summed E-state index contributed by atoms with van der Waals surface area (Å²) in [5, 5.41) is 3.22. The second-order valence-electron chi connectivity index (χ2n) is 15.1. The van der Waals surface area contributed by atoms with Crippen LogP contribution in [0.25, 0.3) is 0 Å². The lowest BCUT2D eigenvalue weighted by Crippen LogP contribution is -2.48. The van der Waals surface area contributed by atoms with Crippen LogP contribution < -0.4 is 20.5 Å². The molecule has 3 unspecified atom stereocenters. The summed E-state index contributed by atoms with van der Waals surface area (Å²) >= 11 is 0. The number of rotatable bonds is 11. The number of hydrogen-bond acceptors (Lipinski definition) is 9. The Labute approximate surface area is 286 Å². The molecule has 3 aliphatic heterocycles. The van der Waals surface area contributed by atoms with Crippen LogP contribution in [0.4, 0.5) is 0 Å². The molecule has 268 valence electrons. The van der Waals surface area contributed by atoms with Crippen LogP contribution in [0.3, 0.4) is 0 Å². The van der Waals surface area contributed by atoms with E-state index in [0.29, 0.717) is 36.9 Å². The van der Waals surface area contributed by atoms with Gasteiger partial charge in [-0.3, -0.25) is 19.4 Å². The van der Waals surface area contributed by atoms with Crippen molar-refractivity contribution >= 4 is 33.6 Å². The van der Waals surface area contributed by atoms with Crippen LogP contribution in [-0.2, 0) is 35.6 Å².